The topological polar surface area (TPSA) is 58.6 Å². The third-order valence-corrected chi connectivity index (χ3v) is 3.06. The molecule has 2 N–H and O–H groups in total. The van der Waals surface area contributed by atoms with Crippen molar-refractivity contribution in [1.29, 1.82) is 0 Å². The first-order chi connectivity index (χ1) is 7.70. The molecule has 0 aromatic heterocycles. The molecule has 0 rings (SSSR count). The maximum absolute atomic E-state index is 10.9. The maximum Gasteiger partial charge on any atom is 0.0898 e. The molecule has 0 spiro atoms. The summed E-state index contributed by atoms with van der Waals surface area (Å²) in [6, 6.07) is 0.267. The molecule has 3 unspecified atom stereocenters. The highest BCUT2D eigenvalue weighted by Gasteiger charge is 2.14. The molecule has 17 heavy (non-hydrogen) atoms. The fraction of sp³-hybridized carbons (Fsp3) is 1.00. The predicted molar refractivity (Wildman–Crippen MR) is 72.7 cm³/mol. The summed E-state index contributed by atoms with van der Waals surface area (Å²) in [5.74, 6) is 0.697. The second kappa shape index (κ2) is 8.19. The van der Waals surface area contributed by atoms with Crippen LogP contribution in [0, 0.1) is 0 Å². The highest BCUT2D eigenvalue weighted by molar-refractivity contribution is 7.84. The van der Waals surface area contributed by atoms with Gasteiger partial charge in [-0.2, -0.15) is 0 Å². The van der Waals surface area contributed by atoms with E-state index >= 15 is 0 Å². The lowest BCUT2D eigenvalue weighted by Crippen LogP contribution is -2.38. The van der Waals surface area contributed by atoms with E-state index in [1.165, 1.54) is 0 Å². The van der Waals surface area contributed by atoms with E-state index in [9.17, 15) is 9.32 Å². The van der Waals surface area contributed by atoms with Gasteiger partial charge < -0.3 is 15.2 Å². The van der Waals surface area contributed by atoms with Crippen LogP contribution < -0.4 is 5.32 Å². The Morgan fingerprint density at radius 3 is 2.47 bits per heavy atom. The Hall–Kier alpha value is 0.0300. The average molecular weight is 265 g/mol. The van der Waals surface area contributed by atoms with Crippen molar-refractivity contribution >= 4 is 10.8 Å². The van der Waals surface area contributed by atoms with Crippen LogP contribution in [0.3, 0.4) is 0 Å². The molecule has 0 radical (unpaired) electrons. The molecule has 0 aliphatic carbocycles. The molecule has 0 fully saturated rings. The van der Waals surface area contributed by atoms with Crippen LogP contribution in [-0.2, 0) is 15.5 Å². The summed E-state index contributed by atoms with van der Waals surface area (Å²) in [4.78, 5) is 0. The first-order valence-corrected chi connectivity index (χ1v) is 7.79. The minimum atomic E-state index is -0.743. The van der Waals surface area contributed by atoms with Crippen LogP contribution in [0.1, 0.15) is 34.1 Å². The Morgan fingerprint density at radius 1 is 1.41 bits per heavy atom. The number of ether oxygens (including phenoxy) is 1. The van der Waals surface area contributed by atoms with Crippen LogP contribution in [0.2, 0.25) is 0 Å². The number of aliphatic hydroxyl groups is 1. The molecule has 104 valence electrons. The third-order valence-electron chi connectivity index (χ3n) is 2.25. The number of rotatable bonds is 8. The SMILES string of the molecule is CC(CCS(C)=O)NCC(O)COC(C)(C)C. The molecule has 0 saturated heterocycles. The van der Waals surface area contributed by atoms with Crippen molar-refractivity contribution in [3.63, 3.8) is 0 Å². The smallest absolute Gasteiger partial charge is 0.0898 e. The van der Waals surface area contributed by atoms with Crippen molar-refractivity contribution in [3.05, 3.63) is 0 Å². The van der Waals surface area contributed by atoms with Crippen LogP contribution in [0.25, 0.3) is 0 Å². The first kappa shape index (κ1) is 17.0. The van der Waals surface area contributed by atoms with Gasteiger partial charge >= 0.3 is 0 Å². The van der Waals surface area contributed by atoms with Crippen LogP contribution in [0.15, 0.2) is 0 Å². The Kier molecular flexibility index (Phi) is 8.20. The van der Waals surface area contributed by atoms with Crippen molar-refractivity contribution in [3.8, 4) is 0 Å². The first-order valence-electron chi connectivity index (χ1n) is 6.06. The van der Waals surface area contributed by atoms with Crippen molar-refractivity contribution in [2.24, 2.45) is 0 Å². The van der Waals surface area contributed by atoms with Crippen molar-refractivity contribution in [1.82, 2.24) is 5.32 Å². The van der Waals surface area contributed by atoms with E-state index in [-0.39, 0.29) is 11.6 Å². The highest BCUT2D eigenvalue weighted by atomic mass is 32.2. The highest BCUT2D eigenvalue weighted by Crippen LogP contribution is 2.06. The average Bonchev–Trinajstić information content (AvgIpc) is 2.19. The Bertz CT molecular complexity index is 228. The van der Waals surface area contributed by atoms with Gasteiger partial charge in [0.2, 0.25) is 0 Å². The number of hydrogen-bond acceptors (Lipinski definition) is 4. The number of nitrogens with one attached hydrogen (secondary N) is 1. The quantitative estimate of drug-likeness (QED) is 0.685. The molecule has 0 aliphatic heterocycles. The summed E-state index contributed by atoms with van der Waals surface area (Å²) in [5, 5.41) is 12.9. The Balaban J connectivity index is 3.62. The van der Waals surface area contributed by atoms with Crippen molar-refractivity contribution in [2.45, 2.75) is 51.9 Å². The van der Waals surface area contributed by atoms with E-state index in [1.54, 1.807) is 6.26 Å². The third kappa shape index (κ3) is 12.3. The van der Waals surface area contributed by atoms with Gasteiger partial charge in [-0.15, -0.1) is 0 Å². The fourth-order valence-corrected chi connectivity index (χ4v) is 1.87. The zero-order chi connectivity index (χ0) is 13.5. The largest absolute Gasteiger partial charge is 0.389 e. The van der Waals surface area contributed by atoms with Gasteiger partial charge in [-0.25, -0.2) is 0 Å². The normalized spacial score (nSPS) is 17.8. The summed E-state index contributed by atoms with van der Waals surface area (Å²) in [6.45, 7) is 8.77. The Morgan fingerprint density at radius 2 is 2.00 bits per heavy atom. The minimum absolute atomic E-state index is 0.217. The van der Waals surface area contributed by atoms with Gasteiger partial charge in [0.05, 0.1) is 18.3 Å². The van der Waals surface area contributed by atoms with Gasteiger partial charge in [0.1, 0.15) is 0 Å². The van der Waals surface area contributed by atoms with Crippen LogP contribution in [0.4, 0.5) is 0 Å². The predicted octanol–water partition coefficient (Wildman–Crippen LogP) is 0.909. The van der Waals surface area contributed by atoms with Gasteiger partial charge in [0.15, 0.2) is 0 Å². The van der Waals surface area contributed by atoms with E-state index in [2.05, 4.69) is 5.32 Å². The summed E-state index contributed by atoms with van der Waals surface area (Å²) in [7, 11) is -0.743. The van der Waals surface area contributed by atoms with Gasteiger partial charge in [-0.3, -0.25) is 4.21 Å². The molecular formula is C12H27NO3S. The van der Waals surface area contributed by atoms with Gasteiger partial charge in [0, 0.05) is 35.4 Å². The van der Waals surface area contributed by atoms with Gasteiger partial charge in [0.25, 0.3) is 0 Å². The Labute approximate surface area is 108 Å². The monoisotopic (exact) mass is 265 g/mol. The zero-order valence-corrected chi connectivity index (χ0v) is 12.5. The van der Waals surface area contributed by atoms with Crippen LogP contribution in [-0.4, -0.2) is 52.2 Å². The van der Waals surface area contributed by atoms with E-state index in [0.29, 0.717) is 18.9 Å². The minimum Gasteiger partial charge on any atom is -0.389 e. The summed E-state index contributed by atoms with van der Waals surface area (Å²) in [6.07, 6.45) is 2.07. The van der Waals surface area contributed by atoms with E-state index in [1.807, 2.05) is 27.7 Å². The molecule has 0 aliphatic rings. The van der Waals surface area contributed by atoms with Gasteiger partial charge in [-0.05, 0) is 34.1 Å². The zero-order valence-electron chi connectivity index (χ0n) is 11.7. The molecule has 0 saturated carbocycles. The molecule has 0 amide bonds. The molecular weight excluding hydrogens is 238 g/mol. The lowest BCUT2D eigenvalue weighted by atomic mass is 10.2. The van der Waals surface area contributed by atoms with E-state index < -0.39 is 16.9 Å². The van der Waals surface area contributed by atoms with Crippen molar-refractivity contribution < 1.29 is 14.1 Å². The standard InChI is InChI=1S/C12H27NO3S/c1-10(6-7-17(5)15)13-8-11(14)9-16-12(2,3)4/h10-11,13-14H,6-9H2,1-5H3. The molecule has 3 atom stereocenters. The molecule has 0 bridgehead atoms. The molecule has 0 aromatic rings. The van der Waals surface area contributed by atoms with Crippen LogP contribution >= 0.6 is 0 Å². The number of aliphatic hydroxyl groups excluding tert-OH is 1. The van der Waals surface area contributed by atoms with Crippen molar-refractivity contribution in [2.75, 3.05) is 25.2 Å². The molecule has 0 heterocycles. The maximum atomic E-state index is 10.9. The fourth-order valence-electron chi connectivity index (χ4n) is 1.19. The van der Waals surface area contributed by atoms with Gasteiger partial charge in [-0.1, -0.05) is 0 Å². The molecule has 5 heteroatoms. The summed E-state index contributed by atoms with van der Waals surface area (Å²) in [5.41, 5.74) is -0.217. The molecule has 4 nitrogen and oxygen atoms in total. The lowest BCUT2D eigenvalue weighted by molar-refractivity contribution is -0.0482. The second-order valence-corrected chi connectivity index (χ2v) is 7.01. The number of hydrogen-bond donors (Lipinski definition) is 2. The van der Waals surface area contributed by atoms with Crippen LogP contribution in [0.5, 0.6) is 0 Å². The van der Waals surface area contributed by atoms with E-state index in [0.717, 1.165) is 6.42 Å². The molecule has 0 aromatic carbocycles. The lowest BCUT2D eigenvalue weighted by Gasteiger charge is -2.23. The summed E-state index contributed by atoms with van der Waals surface area (Å²) < 4.78 is 16.4. The summed E-state index contributed by atoms with van der Waals surface area (Å²) >= 11 is 0. The second-order valence-electron chi connectivity index (χ2n) is 5.45. The van der Waals surface area contributed by atoms with E-state index in [4.69, 9.17) is 4.74 Å².